The molecule has 0 saturated carbocycles. The molecule has 0 bridgehead atoms. The summed E-state index contributed by atoms with van der Waals surface area (Å²) in [6.07, 6.45) is 3.46. The van der Waals surface area contributed by atoms with Crippen LogP contribution in [0.25, 0.3) is 33.4 Å². The fourth-order valence-corrected chi connectivity index (χ4v) is 14.3. The minimum atomic E-state index is -0.968. The Balaban J connectivity index is 0.873. The molecule has 450 valence electrons. The summed E-state index contributed by atoms with van der Waals surface area (Å²) in [5.74, 6) is -2.37. The molecule has 2 aliphatic rings. The van der Waals surface area contributed by atoms with Crippen LogP contribution >= 0.6 is 0 Å². The molecule has 92 heavy (non-hydrogen) atoms. The Bertz CT molecular complexity index is 4540. The predicted molar refractivity (Wildman–Crippen MR) is 366 cm³/mol. The maximum absolute atomic E-state index is 15.7. The Morgan fingerprint density at radius 2 is 0.674 bits per heavy atom. The van der Waals surface area contributed by atoms with E-state index in [1.807, 2.05) is 82.6 Å². The summed E-state index contributed by atoms with van der Waals surface area (Å²) in [6.45, 7) is 17.0. The number of ether oxygens (including phenoxy) is 2. The summed E-state index contributed by atoms with van der Waals surface area (Å²) in [5, 5.41) is 0. The van der Waals surface area contributed by atoms with Crippen LogP contribution in [0.3, 0.4) is 0 Å². The normalized spacial score (nSPS) is 15.0. The molecule has 2 aliphatic carbocycles. The van der Waals surface area contributed by atoms with E-state index in [4.69, 9.17) is 9.47 Å². The Morgan fingerprint density at radius 1 is 0.326 bits per heavy atom. The molecule has 4 nitrogen and oxygen atoms in total. The van der Waals surface area contributed by atoms with Crippen molar-refractivity contribution in [2.24, 2.45) is 0 Å². The van der Waals surface area contributed by atoms with Crippen LogP contribution in [0.15, 0.2) is 280 Å². The number of benzene rings is 12. The van der Waals surface area contributed by atoms with Crippen molar-refractivity contribution in [3.8, 4) is 44.9 Å². The number of fused-ring (bicyclic) bond motifs is 6. The van der Waals surface area contributed by atoms with E-state index in [-0.39, 0.29) is 0 Å². The van der Waals surface area contributed by atoms with Crippen molar-refractivity contribution in [2.75, 3.05) is 23.0 Å². The second kappa shape index (κ2) is 23.8. The maximum atomic E-state index is 15.7. The first kappa shape index (κ1) is 58.7. The topological polar surface area (TPSA) is 24.9 Å². The largest absolute Gasteiger partial charge is 0.490 e. The fraction of sp³-hybridized carbons (Fsp3) is 0.0952. The van der Waals surface area contributed by atoms with Crippen LogP contribution in [0.2, 0.25) is 0 Å². The van der Waals surface area contributed by atoms with Gasteiger partial charge in [0.15, 0.2) is 23.3 Å². The number of hydrogen-bond donors (Lipinski definition) is 0. The highest BCUT2D eigenvalue weighted by molar-refractivity contribution is 5.92. The van der Waals surface area contributed by atoms with E-state index >= 15 is 8.78 Å². The number of aryl methyl sites for hydroxylation is 4. The van der Waals surface area contributed by atoms with Crippen molar-refractivity contribution in [1.82, 2.24) is 0 Å². The van der Waals surface area contributed by atoms with Crippen LogP contribution < -0.4 is 19.3 Å². The van der Waals surface area contributed by atoms with E-state index in [1.54, 1.807) is 24.3 Å². The molecule has 8 heteroatoms. The highest BCUT2D eigenvalue weighted by Gasteiger charge is 2.49. The van der Waals surface area contributed by atoms with Crippen LogP contribution in [-0.4, -0.2) is 13.2 Å². The lowest BCUT2D eigenvalue weighted by Crippen LogP contribution is -2.30. The summed E-state index contributed by atoms with van der Waals surface area (Å²) in [4.78, 5) is 3.94. The summed E-state index contributed by atoms with van der Waals surface area (Å²) < 4.78 is 73.3. The van der Waals surface area contributed by atoms with E-state index in [2.05, 4.69) is 186 Å². The van der Waals surface area contributed by atoms with Gasteiger partial charge < -0.3 is 19.3 Å². The van der Waals surface area contributed by atoms with E-state index in [1.165, 1.54) is 24.3 Å². The van der Waals surface area contributed by atoms with Gasteiger partial charge in [-0.3, -0.25) is 0 Å². The molecular formula is C84H64F4N2O2. The first-order valence-electron chi connectivity index (χ1n) is 30.8. The van der Waals surface area contributed by atoms with Gasteiger partial charge >= 0.3 is 0 Å². The van der Waals surface area contributed by atoms with Crippen LogP contribution in [0.4, 0.5) is 51.7 Å². The zero-order valence-corrected chi connectivity index (χ0v) is 51.5. The predicted octanol–water partition coefficient (Wildman–Crippen LogP) is 21.9. The molecule has 0 amide bonds. The Hall–Kier alpha value is -11.0. The number of halogens is 4. The lowest BCUT2D eigenvalue weighted by molar-refractivity contribution is 0.363. The molecule has 12 aromatic rings. The van der Waals surface area contributed by atoms with Crippen molar-refractivity contribution < 1.29 is 27.0 Å². The Kier molecular flexibility index (Phi) is 15.2. The van der Waals surface area contributed by atoms with E-state index in [0.717, 1.165) is 123 Å². The molecule has 0 heterocycles. The number of anilines is 6. The molecule has 14 rings (SSSR count). The lowest BCUT2D eigenvalue weighted by atomic mass is 9.66. The summed E-state index contributed by atoms with van der Waals surface area (Å²) >= 11 is 0. The van der Waals surface area contributed by atoms with Gasteiger partial charge in [-0.05, 0) is 214 Å². The first-order valence-corrected chi connectivity index (χ1v) is 30.8. The van der Waals surface area contributed by atoms with Crippen LogP contribution in [0.5, 0.6) is 11.5 Å². The summed E-state index contributed by atoms with van der Waals surface area (Å²) in [7, 11) is 0. The third-order valence-corrected chi connectivity index (χ3v) is 18.4. The lowest BCUT2D eigenvalue weighted by Gasteiger charge is -2.36. The van der Waals surface area contributed by atoms with Gasteiger partial charge in [-0.1, -0.05) is 182 Å². The van der Waals surface area contributed by atoms with Crippen molar-refractivity contribution in [1.29, 1.82) is 0 Å². The van der Waals surface area contributed by atoms with Gasteiger partial charge in [0.2, 0.25) is 0 Å². The monoisotopic (exact) mass is 1210 g/mol. The quantitative estimate of drug-likeness (QED) is 0.0670. The second-order valence-corrected chi connectivity index (χ2v) is 23.9. The van der Waals surface area contributed by atoms with Gasteiger partial charge in [0, 0.05) is 46.3 Å². The van der Waals surface area contributed by atoms with Crippen LogP contribution in [-0.2, 0) is 10.8 Å². The molecule has 0 N–H and O–H groups in total. The van der Waals surface area contributed by atoms with Gasteiger partial charge in [-0.15, -0.1) is 0 Å². The van der Waals surface area contributed by atoms with Crippen molar-refractivity contribution in [2.45, 2.75) is 38.5 Å². The second-order valence-electron chi connectivity index (χ2n) is 23.9. The zero-order valence-electron chi connectivity index (χ0n) is 51.5. The van der Waals surface area contributed by atoms with E-state index < -0.39 is 34.1 Å². The van der Waals surface area contributed by atoms with Gasteiger partial charge in [-0.25, -0.2) is 17.6 Å². The Labute approximate surface area is 534 Å². The first-order chi connectivity index (χ1) is 44.8. The van der Waals surface area contributed by atoms with Crippen LogP contribution in [0, 0.1) is 51.0 Å². The molecule has 2 unspecified atom stereocenters. The van der Waals surface area contributed by atoms with Crippen molar-refractivity contribution in [3.63, 3.8) is 0 Å². The molecule has 0 aromatic heterocycles. The SMILES string of the molecule is C=CCOc1ccc(C2(c3cc(C)ccc3C)c3ccccc3-c3ccc(N(c4ccc(-c5ccc(N(c6ccc(F)c(F)c6)c6ccc7c(c6)C(c6ccc(OCC=C)cc6)(c6cc(C)ccc6C)c6ccccc6-7)cc5)cc4)c4ccc(F)c(F)c4)cc32)cc1. The molecular weight excluding hydrogens is 1140 g/mol. The average Bonchev–Trinajstić information content (AvgIpc) is 1.52. The smallest absolute Gasteiger partial charge is 0.160 e. The minimum Gasteiger partial charge on any atom is -0.490 e. The average molecular weight is 1210 g/mol. The fourth-order valence-electron chi connectivity index (χ4n) is 14.3. The summed E-state index contributed by atoms with van der Waals surface area (Å²) in [5.41, 5.74) is 21.5. The zero-order chi connectivity index (χ0) is 63.4. The molecule has 2 atom stereocenters. The minimum absolute atomic E-state index is 0.375. The third kappa shape index (κ3) is 9.85. The van der Waals surface area contributed by atoms with Gasteiger partial charge in [-0.2, -0.15) is 0 Å². The molecule has 0 spiro atoms. The van der Waals surface area contributed by atoms with Gasteiger partial charge in [0.05, 0.1) is 10.8 Å². The maximum Gasteiger partial charge on any atom is 0.160 e. The number of hydrogen-bond acceptors (Lipinski definition) is 4. The molecule has 0 fully saturated rings. The standard InChI is InChI=1S/C84H64F4N2O2/c1-7-45-91-67-37-25-59(26-38-67)83(75-47-53(3)17-19-55(75)5)73-15-11-9-13-69(73)71-41-33-63(49-77(71)83)89(65-35-43-79(85)81(87)51-65)61-29-21-57(22-30-61)58-23-31-62(32-24-58)90(66-36-44-80(86)82(88)52-66)64-34-42-72-70-14-10-12-16-74(70)84(78(72)50-64,76-48-54(4)18-20-56(76)6)60-27-39-68(40-28-60)92-46-8-2/h7-44,47-52H,1-2,45-46H2,3-6H3. The van der Waals surface area contributed by atoms with Gasteiger partial charge in [0.25, 0.3) is 0 Å². The molecule has 0 saturated heterocycles. The molecule has 0 aliphatic heterocycles. The van der Waals surface area contributed by atoms with Crippen molar-refractivity contribution >= 4 is 34.1 Å². The summed E-state index contributed by atoms with van der Waals surface area (Å²) in [6, 6.07) is 83.8. The number of rotatable bonds is 17. The van der Waals surface area contributed by atoms with Gasteiger partial charge in [0.1, 0.15) is 24.7 Å². The highest BCUT2D eigenvalue weighted by Crippen LogP contribution is 2.60. The van der Waals surface area contributed by atoms with Crippen LogP contribution in [0.1, 0.15) is 66.8 Å². The highest BCUT2D eigenvalue weighted by atomic mass is 19.2. The third-order valence-electron chi connectivity index (χ3n) is 18.4. The molecule has 0 radical (unpaired) electrons. The van der Waals surface area contributed by atoms with E-state index in [0.29, 0.717) is 36.0 Å². The van der Waals surface area contributed by atoms with E-state index in [9.17, 15) is 8.78 Å². The Morgan fingerprint density at radius 3 is 1.05 bits per heavy atom. The number of nitrogens with zero attached hydrogens (tertiary/aromatic N) is 2. The van der Waals surface area contributed by atoms with Crippen molar-refractivity contribution in [3.05, 3.63) is 370 Å². The molecule has 12 aromatic carbocycles.